The summed E-state index contributed by atoms with van der Waals surface area (Å²) in [6.07, 6.45) is 1.96. The van der Waals surface area contributed by atoms with Gasteiger partial charge in [0.25, 0.3) is 5.91 Å². The van der Waals surface area contributed by atoms with Crippen LogP contribution in [0.5, 0.6) is 0 Å². The zero-order valence-electron chi connectivity index (χ0n) is 14.4. The van der Waals surface area contributed by atoms with Crippen molar-refractivity contribution in [2.45, 2.75) is 19.8 Å². The van der Waals surface area contributed by atoms with E-state index in [0.717, 1.165) is 12.8 Å². The Bertz CT molecular complexity index is 781. The number of unbranched alkanes of at least 4 members (excludes halogenated alkanes) is 1. The topological polar surface area (TPSA) is 70.2 Å². The first-order valence-electron chi connectivity index (χ1n) is 8.36. The number of hydrogen-bond donors (Lipinski definition) is 3. The van der Waals surface area contributed by atoms with E-state index in [1.54, 1.807) is 42.5 Å². The molecule has 0 unspecified atom stereocenters. The molecule has 0 heterocycles. The molecule has 2 rings (SSSR count). The average molecular weight is 394 g/mol. The Balaban J connectivity index is 1.90. The van der Waals surface area contributed by atoms with Gasteiger partial charge in [-0.1, -0.05) is 42.6 Å². The Morgan fingerprint density at radius 1 is 1.08 bits per heavy atom. The molecule has 0 fully saturated rings. The predicted octanol–water partition coefficient (Wildman–Crippen LogP) is 4.57. The predicted molar refractivity (Wildman–Crippen MR) is 107 cm³/mol. The standard InChI is InChI=1S/C19H21Cl2N3O2/c1-2-3-9-22-19(26)13-5-4-6-15(10-13)23-12-18(25)24-17-11-14(20)7-8-16(17)21/h4-8,10-11,23H,2-3,9,12H2,1H3,(H,22,26)(H,24,25). The van der Waals surface area contributed by atoms with Gasteiger partial charge in [0.2, 0.25) is 5.91 Å². The SMILES string of the molecule is CCCCNC(=O)c1cccc(NCC(=O)Nc2cc(Cl)ccc2Cl)c1. The highest BCUT2D eigenvalue weighted by atomic mass is 35.5. The number of rotatable bonds is 8. The molecule has 0 saturated heterocycles. The fourth-order valence-corrected chi connectivity index (χ4v) is 2.56. The molecule has 0 atom stereocenters. The van der Waals surface area contributed by atoms with E-state index in [1.807, 2.05) is 0 Å². The van der Waals surface area contributed by atoms with E-state index in [9.17, 15) is 9.59 Å². The molecule has 3 N–H and O–H groups in total. The fourth-order valence-electron chi connectivity index (χ4n) is 2.22. The van der Waals surface area contributed by atoms with Gasteiger partial charge in [-0.05, 0) is 42.8 Å². The lowest BCUT2D eigenvalue weighted by Gasteiger charge is -2.10. The first kappa shape index (κ1) is 20.1. The second-order valence-corrected chi connectivity index (χ2v) is 6.56. The summed E-state index contributed by atoms with van der Waals surface area (Å²) < 4.78 is 0. The van der Waals surface area contributed by atoms with Gasteiger partial charge >= 0.3 is 0 Å². The zero-order valence-corrected chi connectivity index (χ0v) is 16.0. The van der Waals surface area contributed by atoms with Gasteiger partial charge in [0, 0.05) is 22.8 Å². The number of carbonyl (C=O) groups is 2. The molecule has 0 bridgehead atoms. The van der Waals surface area contributed by atoms with Crippen LogP contribution < -0.4 is 16.0 Å². The van der Waals surface area contributed by atoms with Crippen LogP contribution in [0.3, 0.4) is 0 Å². The Kier molecular flexibility index (Phi) is 7.75. The Morgan fingerprint density at radius 3 is 2.65 bits per heavy atom. The van der Waals surface area contributed by atoms with Crippen molar-refractivity contribution in [2.75, 3.05) is 23.7 Å². The van der Waals surface area contributed by atoms with Crippen LogP contribution >= 0.6 is 23.2 Å². The van der Waals surface area contributed by atoms with Gasteiger partial charge < -0.3 is 16.0 Å². The summed E-state index contributed by atoms with van der Waals surface area (Å²) >= 11 is 11.9. The molecule has 0 aliphatic carbocycles. The molecule has 0 aromatic heterocycles. The van der Waals surface area contributed by atoms with E-state index >= 15 is 0 Å². The number of amides is 2. The number of benzene rings is 2. The maximum atomic E-state index is 12.1. The van der Waals surface area contributed by atoms with Crippen LogP contribution in [-0.4, -0.2) is 24.9 Å². The summed E-state index contributed by atoms with van der Waals surface area (Å²) in [5.41, 5.74) is 1.68. The highest BCUT2D eigenvalue weighted by molar-refractivity contribution is 6.35. The number of hydrogen-bond acceptors (Lipinski definition) is 3. The molecule has 5 nitrogen and oxygen atoms in total. The number of carbonyl (C=O) groups excluding carboxylic acids is 2. The Hall–Kier alpha value is -2.24. The molecule has 0 aliphatic rings. The third-order valence-electron chi connectivity index (χ3n) is 3.60. The highest BCUT2D eigenvalue weighted by Crippen LogP contribution is 2.25. The van der Waals surface area contributed by atoms with Gasteiger partial charge in [0.15, 0.2) is 0 Å². The van der Waals surface area contributed by atoms with Crippen molar-refractivity contribution < 1.29 is 9.59 Å². The summed E-state index contributed by atoms with van der Waals surface area (Å²) in [6.45, 7) is 2.75. The zero-order chi connectivity index (χ0) is 18.9. The van der Waals surface area contributed by atoms with Gasteiger partial charge in [-0.3, -0.25) is 9.59 Å². The van der Waals surface area contributed by atoms with Crippen LogP contribution in [0.15, 0.2) is 42.5 Å². The van der Waals surface area contributed by atoms with Gasteiger partial charge in [0.1, 0.15) is 0 Å². The molecule has 26 heavy (non-hydrogen) atoms. The van der Waals surface area contributed by atoms with E-state index in [2.05, 4.69) is 22.9 Å². The van der Waals surface area contributed by atoms with Gasteiger partial charge in [-0.15, -0.1) is 0 Å². The van der Waals surface area contributed by atoms with Gasteiger partial charge in [0.05, 0.1) is 17.3 Å². The van der Waals surface area contributed by atoms with E-state index in [4.69, 9.17) is 23.2 Å². The minimum Gasteiger partial charge on any atom is -0.376 e. The smallest absolute Gasteiger partial charge is 0.251 e. The van der Waals surface area contributed by atoms with Crippen LogP contribution in [0.25, 0.3) is 0 Å². The molecule has 0 radical (unpaired) electrons. The van der Waals surface area contributed by atoms with E-state index in [0.29, 0.717) is 33.5 Å². The molecule has 0 saturated carbocycles. The normalized spacial score (nSPS) is 10.3. The molecular formula is C19H21Cl2N3O2. The van der Waals surface area contributed by atoms with Crippen molar-refractivity contribution in [3.63, 3.8) is 0 Å². The van der Waals surface area contributed by atoms with E-state index in [1.165, 1.54) is 0 Å². The van der Waals surface area contributed by atoms with Crippen LogP contribution in [0.1, 0.15) is 30.1 Å². The molecule has 0 spiro atoms. The fraction of sp³-hybridized carbons (Fsp3) is 0.263. The first-order chi connectivity index (χ1) is 12.5. The molecule has 2 aromatic rings. The lowest BCUT2D eigenvalue weighted by Crippen LogP contribution is -2.25. The summed E-state index contributed by atoms with van der Waals surface area (Å²) in [4.78, 5) is 24.2. The molecular weight excluding hydrogens is 373 g/mol. The quantitative estimate of drug-likeness (QED) is 0.575. The Morgan fingerprint density at radius 2 is 1.88 bits per heavy atom. The summed E-state index contributed by atoms with van der Waals surface area (Å²) in [7, 11) is 0. The van der Waals surface area contributed by atoms with Crippen molar-refractivity contribution >= 4 is 46.4 Å². The summed E-state index contributed by atoms with van der Waals surface area (Å²) in [6, 6.07) is 11.9. The van der Waals surface area contributed by atoms with Crippen LogP contribution in [-0.2, 0) is 4.79 Å². The molecule has 2 amide bonds. The summed E-state index contributed by atoms with van der Waals surface area (Å²) in [5.74, 6) is -0.399. The van der Waals surface area contributed by atoms with Crippen molar-refractivity contribution in [1.29, 1.82) is 0 Å². The second-order valence-electron chi connectivity index (χ2n) is 5.72. The van der Waals surface area contributed by atoms with Crippen molar-refractivity contribution in [1.82, 2.24) is 5.32 Å². The maximum absolute atomic E-state index is 12.1. The lowest BCUT2D eigenvalue weighted by atomic mass is 10.2. The maximum Gasteiger partial charge on any atom is 0.251 e. The number of anilines is 2. The number of nitrogens with one attached hydrogen (secondary N) is 3. The average Bonchev–Trinajstić information content (AvgIpc) is 2.63. The second kappa shape index (κ2) is 10.0. The Labute approximate surface area is 163 Å². The van der Waals surface area contributed by atoms with E-state index in [-0.39, 0.29) is 18.4 Å². The van der Waals surface area contributed by atoms with Crippen molar-refractivity contribution in [3.8, 4) is 0 Å². The first-order valence-corrected chi connectivity index (χ1v) is 9.12. The third kappa shape index (κ3) is 6.24. The minimum absolute atomic E-state index is 0.0315. The van der Waals surface area contributed by atoms with Gasteiger partial charge in [-0.25, -0.2) is 0 Å². The molecule has 138 valence electrons. The highest BCUT2D eigenvalue weighted by Gasteiger charge is 2.08. The van der Waals surface area contributed by atoms with E-state index < -0.39 is 0 Å². The lowest BCUT2D eigenvalue weighted by molar-refractivity contribution is -0.114. The summed E-state index contributed by atoms with van der Waals surface area (Å²) in [5, 5.41) is 9.45. The van der Waals surface area contributed by atoms with Crippen LogP contribution in [0.4, 0.5) is 11.4 Å². The largest absolute Gasteiger partial charge is 0.376 e. The van der Waals surface area contributed by atoms with Crippen molar-refractivity contribution in [3.05, 3.63) is 58.1 Å². The molecule has 0 aliphatic heterocycles. The monoisotopic (exact) mass is 393 g/mol. The van der Waals surface area contributed by atoms with Gasteiger partial charge in [-0.2, -0.15) is 0 Å². The van der Waals surface area contributed by atoms with Crippen molar-refractivity contribution in [2.24, 2.45) is 0 Å². The van der Waals surface area contributed by atoms with Crippen LogP contribution in [0.2, 0.25) is 10.0 Å². The molecule has 2 aromatic carbocycles. The minimum atomic E-state index is -0.271. The molecule has 7 heteroatoms. The number of halogens is 2. The third-order valence-corrected chi connectivity index (χ3v) is 4.16. The van der Waals surface area contributed by atoms with Crippen LogP contribution in [0, 0.1) is 0 Å².